The topological polar surface area (TPSA) is 96.7 Å². The molecule has 0 aliphatic rings. The molecule has 0 aliphatic carbocycles. The molecule has 2 heterocycles. The van der Waals surface area contributed by atoms with E-state index in [1.165, 1.54) is 11.2 Å². The molecule has 0 spiro atoms. The molecule has 2 aromatic carbocycles. The van der Waals surface area contributed by atoms with E-state index >= 15 is 0 Å². The Bertz CT molecular complexity index is 1360. The lowest BCUT2D eigenvalue weighted by Crippen LogP contribution is -2.21. The predicted molar refractivity (Wildman–Crippen MR) is 119 cm³/mol. The number of benzene rings is 2. The van der Waals surface area contributed by atoms with Crippen LogP contribution in [0.1, 0.15) is 10.4 Å². The van der Waals surface area contributed by atoms with Gasteiger partial charge in [0, 0.05) is 37.2 Å². The van der Waals surface area contributed by atoms with Gasteiger partial charge in [-0.05, 0) is 48.5 Å². The summed E-state index contributed by atoms with van der Waals surface area (Å²) in [6, 6.07) is 19.3. The lowest BCUT2D eigenvalue weighted by Gasteiger charge is -2.10. The van der Waals surface area contributed by atoms with Gasteiger partial charge in [-0.15, -0.1) is 5.10 Å². The van der Waals surface area contributed by atoms with Gasteiger partial charge in [0.25, 0.3) is 5.91 Å². The van der Waals surface area contributed by atoms with E-state index < -0.39 is 9.84 Å². The molecule has 0 saturated carbocycles. The van der Waals surface area contributed by atoms with Crippen molar-refractivity contribution in [2.75, 3.05) is 25.7 Å². The number of sulfone groups is 1. The monoisotopic (exact) mass is 435 g/mol. The standard InChI is InChI=1S/C22H21N5O3S/c1-26(2)21(28)16-7-11-17(12-8-16)23-22-24-20-6-4-5-19(27(20)25-22)15-9-13-18(14-10-15)31(3,29)30/h4-14H,1-3H3,(H,23,25). The van der Waals surface area contributed by atoms with Crippen LogP contribution in [-0.2, 0) is 9.84 Å². The largest absolute Gasteiger partial charge is 0.345 e. The molecule has 4 rings (SSSR count). The van der Waals surface area contributed by atoms with E-state index in [0.717, 1.165) is 16.9 Å². The summed E-state index contributed by atoms with van der Waals surface area (Å²) in [4.78, 5) is 18.3. The number of amides is 1. The highest BCUT2D eigenvalue weighted by atomic mass is 32.2. The van der Waals surface area contributed by atoms with Gasteiger partial charge in [0.2, 0.25) is 5.95 Å². The number of pyridine rings is 1. The molecular formula is C22H21N5O3S. The number of nitrogens with zero attached hydrogens (tertiary/aromatic N) is 4. The zero-order chi connectivity index (χ0) is 22.2. The van der Waals surface area contributed by atoms with Crippen LogP contribution in [0.2, 0.25) is 0 Å². The van der Waals surface area contributed by atoms with Crippen LogP contribution < -0.4 is 5.32 Å². The first kappa shape index (κ1) is 20.5. The van der Waals surface area contributed by atoms with E-state index in [9.17, 15) is 13.2 Å². The summed E-state index contributed by atoms with van der Waals surface area (Å²) in [5, 5.41) is 7.69. The molecule has 0 unspecified atom stereocenters. The van der Waals surface area contributed by atoms with E-state index in [1.807, 2.05) is 18.2 Å². The molecule has 158 valence electrons. The Morgan fingerprint density at radius 2 is 1.65 bits per heavy atom. The molecule has 9 heteroatoms. The fraction of sp³-hybridized carbons (Fsp3) is 0.136. The van der Waals surface area contributed by atoms with Gasteiger partial charge in [-0.3, -0.25) is 4.79 Å². The third-order valence-electron chi connectivity index (χ3n) is 4.73. The summed E-state index contributed by atoms with van der Waals surface area (Å²) < 4.78 is 25.1. The van der Waals surface area contributed by atoms with E-state index in [-0.39, 0.29) is 10.8 Å². The molecule has 0 bridgehead atoms. The number of carbonyl (C=O) groups is 1. The van der Waals surface area contributed by atoms with E-state index in [1.54, 1.807) is 67.1 Å². The number of nitrogens with one attached hydrogen (secondary N) is 1. The first-order valence-electron chi connectivity index (χ1n) is 9.47. The lowest BCUT2D eigenvalue weighted by atomic mass is 10.1. The molecule has 1 amide bonds. The van der Waals surface area contributed by atoms with Crippen LogP contribution in [-0.4, -0.2) is 54.2 Å². The Hall–Kier alpha value is -3.72. The number of hydrogen-bond acceptors (Lipinski definition) is 6. The van der Waals surface area contributed by atoms with Crippen LogP contribution in [0.5, 0.6) is 0 Å². The van der Waals surface area contributed by atoms with Crippen molar-refractivity contribution in [2.45, 2.75) is 4.90 Å². The van der Waals surface area contributed by atoms with Gasteiger partial charge in [0.05, 0.1) is 10.6 Å². The van der Waals surface area contributed by atoms with Crippen molar-refractivity contribution in [1.29, 1.82) is 0 Å². The molecule has 2 aromatic heterocycles. The number of hydrogen-bond donors (Lipinski definition) is 1. The van der Waals surface area contributed by atoms with Crippen LogP contribution >= 0.6 is 0 Å². The maximum Gasteiger partial charge on any atom is 0.253 e. The van der Waals surface area contributed by atoms with Gasteiger partial charge in [-0.1, -0.05) is 18.2 Å². The molecule has 31 heavy (non-hydrogen) atoms. The molecule has 4 aromatic rings. The van der Waals surface area contributed by atoms with Crippen molar-refractivity contribution in [3.05, 3.63) is 72.3 Å². The second-order valence-corrected chi connectivity index (χ2v) is 9.33. The minimum absolute atomic E-state index is 0.0658. The Morgan fingerprint density at radius 3 is 2.26 bits per heavy atom. The van der Waals surface area contributed by atoms with Crippen LogP contribution in [0.4, 0.5) is 11.6 Å². The number of aromatic nitrogens is 3. The molecule has 1 N–H and O–H groups in total. The summed E-state index contributed by atoms with van der Waals surface area (Å²) in [6.07, 6.45) is 1.18. The maximum absolute atomic E-state index is 12.0. The Morgan fingerprint density at radius 1 is 0.968 bits per heavy atom. The Kier molecular flexibility index (Phi) is 5.20. The molecule has 0 atom stereocenters. The molecule has 0 aliphatic heterocycles. The fourth-order valence-corrected chi connectivity index (χ4v) is 3.76. The Balaban J connectivity index is 1.63. The number of rotatable bonds is 5. The first-order chi connectivity index (χ1) is 14.7. The third kappa shape index (κ3) is 4.26. The van der Waals surface area contributed by atoms with Crippen molar-refractivity contribution in [3.63, 3.8) is 0 Å². The highest BCUT2D eigenvalue weighted by Crippen LogP contribution is 2.23. The zero-order valence-electron chi connectivity index (χ0n) is 17.3. The quantitative estimate of drug-likeness (QED) is 0.517. The summed E-state index contributed by atoms with van der Waals surface area (Å²) in [5.41, 5.74) is 3.60. The number of carbonyl (C=O) groups excluding carboxylic acids is 1. The summed E-state index contributed by atoms with van der Waals surface area (Å²) >= 11 is 0. The molecule has 8 nitrogen and oxygen atoms in total. The van der Waals surface area contributed by atoms with Gasteiger partial charge in [0.15, 0.2) is 15.5 Å². The zero-order valence-corrected chi connectivity index (χ0v) is 18.1. The lowest BCUT2D eigenvalue weighted by molar-refractivity contribution is 0.0827. The number of anilines is 2. The first-order valence-corrected chi connectivity index (χ1v) is 11.4. The SMILES string of the molecule is CN(C)C(=O)c1ccc(Nc2nc3cccc(-c4ccc(S(C)(=O)=O)cc4)n3n2)cc1. The Labute approximate surface area is 180 Å². The van der Waals surface area contributed by atoms with Crippen molar-refractivity contribution >= 4 is 33.0 Å². The fourth-order valence-electron chi connectivity index (χ4n) is 3.13. The average molecular weight is 436 g/mol. The minimum atomic E-state index is -3.26. The van der Waals surface area contributed by atoms with Crippen molar-refractivity contribution in [3.8, 4) is 11.3 Å². The van der Waals surface area contributed by atoms with Gasteiger partial charge in [-0.2, -0.15) is 4.98 Å². The highest BCUT2D eigenvalue weighted by molar-refractivity contribution is 7.90. The van der Waals surface area contributed by atoms with Crippen LogP contribution in [0.15, 0.2) is 71.6 Å². The normalized spacial score (nSPS) is 11.5. The van der Waals surface area contributed by atoms with Gasteiger partial charge in [0.1, 0.15) is 0 Å². The second-order valence-electron chi connectivity index (χ2n) is 7.31. The van der Waals surface area contributed by atoms with Crippen molar-refractivity contribution < 1.29 is 13.2 Å². The molecule has 0 radical (unpaired) electrons. The highest BCUT2D eigenvalue weighted by Gasteiger charge is 2.12. The third-order valence-corrected chi connectivity index (χ3v) is 5.86. The van der Waals surface area contributed by atoms with Gasteiger partial charge in [-0.25, -0.2) is 12.9 Å². The predicted octanol–water partition coefficient (Wildman–Crippen LogP) is 3.25. The summed E-state index contributed by atoms with van der Waals surface area (Å²) in [7, 11) is 0.163. The van der Waals surface area contributed by atoms with Gasteiger partial charge < -0.3 is 10.2 Å². The van der Waals surface area contributed by atoms with Crippen LogP contribution in [0.3, 0.4) is 0 Å². The van der Waals surface area contributed by atoms with E-state index in [0.29, 0.717) is 17.2 Å². The summed E-state index contributed by atoms with van der Waals surface area (Å²) in [6.45, 7) is 0. The molecule has 0 fully saturated rings. The van der Waals surface area contributed by atoms with Crippen molar-refractivity contribution in [1.82, 2.24) is 19.5 Å². The number of fused-ring (bicyclic) bond motifs is 1. The van der Waals surface area contributed by atoms with Crippen LogP contribution in [0.25, 0.3) is 16.9 Å². The molecular weight excluding hydrogens is 414 g/mol. The van der Waals surface area contributed by atoms with Crippen LogP contribution in [0, 0.1) is 0 Å². The minimum Gasteiger partial charge on any atom is -0.345 e. The average Bonchev–Trinajstić information content (AvgIpc) is 3.15. The second kappa shape index (κ2) is 7.84. The van der Waals surface area contributed by atoms with E-state index in [2.05, 4.69) is 15.4 Å². The smallest absolute Gasteiger partial charge is 0.253 e. The summed E-state index contributed by atoms with van der Waals surface area (Å²) in [5.74, 6) is 0.343. The van der Waals surface area contributed by atoms with E-state index in [4.69, 9.17) is 0 Å². The maximum atomic E-state index is 12.0. The van der Waals surface area contributed by atoms with Crippen molar-refractivity contribution in [2.24, 2.45) is 0 Å². The van der Waals surface area contributed by atoms with Gasteiger partial charge >= 0.3 is 0 Å². The molecule has 0 saturated heterocycles.